The molecule has 0 heterocycles. The highest BCUT2D eigenvalue weighted by atomic mass is 32.4. The highest BCUT2D eigenvalue weighted by Crippen LogP contribution is 2.55. The van der Waals surface area contributed by atoms with E-state index < -0.39 is 7.53 Å². The number of hydrogen-bond acceptors (Lipinski definition) is 3. The van der Waals surface area contributed by atoms with Gasteiger partial charge >= 0.3 is 0 Å². The van der Waals surface area contributed by atoms with Crippen molar-refractivity contribution in [1.82, 2.24) is 0 Å². The van der Waals surface area contributed by atoms with Crippen molar-refractivity contribution in [1.29, 1.82) is 0 Å². The van der Waals surface area contributed by atoms with E-state index in [4.69, 9.17) is 13.6 Å². The molecule has 0 saturated carbocycles. The molecule has 0 aliphatic rings. The molecule has 31 heavy (non-hydrogen) atoms. The van der Waals surface area contributed by atoms with Gasteiger partial charge in [0.05, 0.1) is 25.8 Å². The van der Waals surface area contributed by atoms with Gasteiger partial charge in [-0.3, -0.25) is 0 Å². The van der Waals surface area contributed by atoms with Gasteiger partial charge in [0.1, 0.15) is 0 Å². The Morgan fingerprint density at radius 3 is 2.19 bits per heavy atom. The maximum absolute atomic E-state index is 5.98. The lowest BCUT2D eigenvalue weighted by atomic mass is 10.0. The summed E-state index contributed by atoms with van der Waals surface area (Å²) in [5, 5.41) is 0. The van der Waals surface area contributed by atoms with E-state index in [1.807, 2.05) is 0 Å². The fourth-order valence-electron chi connectivity index (χ4n) is 3.17. The molecule has 0 N–H and O–H groups in total. The van der Waals surface area contributed by atoms with Crippen LogP contribution in [0, 0.1) is 23.7 Å². The van der Waals surface area contributed by atoms with Crippen LogP contribution in [0.5, 0.6) is 0 Å². The average Bonchev–Trinajstić information content (AvgIpc) is 2.74. The molecule has 180 valence electrons. The maximum Gasteiger partial charge on any atom is 0.0883 e. The normalized spacial score (nSPS) is 14.2. The van der Waals surface area contributed by atoms with Gasteiger partial charge < -0.3 is 13.6 Å². The van der Waals surface area contributed by atoms with Crippen LogP contribution in [-0.2, 0) is 13.6 Å². The topological polar surface area (TPSA) is 27.7 Å². The van der Waals surface area contributed by atoms with Crippen LogP contribution in [0.1, 0.15) is 97.3 Å². The first-order chi connectivity index (χ1) is 15.1. The monoisotopic (exact) mass is 542 g/mol. The predicted octanol–water partition coefficient (Wildman–Crippen LogP) is 8.41. The second-order valence-corrected chi connectivity index (χ2v) is 14.7. The zero-order valence-electron chi connectivity index (χ0n) is 19.4. The molecule has 0 spiro atoms. The molecule has 0 saturated heterocycles. The molecule has 0 radical (unpaired) electrons. The van der Waals surface area contributed by atoms with Crippen molar-refractivity contribution < 1.29 is 13.6 Å². The number of unbranched alkanes of at least 4 members (excludes halogenated alkanes) is 5. The van der Waals surface area contributed by atoms with Crippen LogP contribution in [0.2, 0.25) is 0 Å². The van der Waals surface area contributed by atoms with E-state index in [1.165, 1.54) is 25.7 Å². The van der Waals surface area contributed by atoms with E-state index >= 15 is 0 Å². The van der Waals surface area contributed by atoms with Crippen LogP contribution >= 0.6 is 52.3 Å². The fraction of sp³-hybridized carbons (Fsp3) is 0.818. The Bertz CT molecular complexity index is 527. The molecule has 0 aromatic heterocycles. The molecule has 0 rings (SSSR count). The highest BCUT2D eigenvalue weighted by Gasteiger charge is 2.21. The lowest BCUT2D eigenvalue weighted by molar-refractivity contribution is 0.0654. The third-order valence-electron chi connectivity index (χ3n) is 4.81. The van der Waals surface area contributed by atoms with Crippen LogP contribution < -0.4 is 0 Å². The summed E-state index contributed by atoms with van der Waals surface area (Å²) < 4.78 is 17.6. The van der Waals surface area contributed by atoms with E-state index in [2.05, 4.69) is 73.8 Å². The van der Waals surface area contributed by atoms with E-state index in [-0.39, 0.29) is 18.3 Å². The van der Waals surface area contributed by atoms with E-state index in [9.17, 15) is 0 Å². The third kappa shape index (κ3) is 20.7. The Morgan fingerprint density at radius 1 is 0.839 bits per heavy atom. The van der Waals surface area contributed by atoms with Crippen LogP contribution in [0.25, 0.3) is 0 Å². The van der Waals surface area contributed by atoms with Gasteiger partial charge in [-0.05, 0) is 32.1 Å². The van der Waals surface area contributed by atoms with Gasteiger partial charge in [-0.1, -0.05) is 66.3 Å². The largest absolute Gasteiger partial charge is 0.360 e. The minimum absolute atomic E-state index is 0.174. The zero-order valence-corrected chi connectivity index (χ0v) is 25.9. The Hall–Kier alpha value is 1.58. The van der Waals surface area contributed by atoms with Crippen molar-refractivity contribution in [3.05, 3.63) is 0 Å². The summed E-state index contributed by atoms with van der Waals surface area (Å²) in [6, 6.07) is 0. The first kappa shape index (κ1) is 32.6. The van der Waals surface area contributed by atoms with Gasteiger partial charge in [0.15, 0.2) is 0 Å². The highest BCUT2D eigenvalue weighted by molar-refractivity contribution is 8.41. The second-order valence-electron chi connectivity index (χ2n) is 7.43. The number of rotatable bonds is 18. The summed E-state index contributed by atoms with van der Waals surface area (Å²) in [6.07, 6.45) is 14.4. The third-order valence-corrected chi connectivity index (χ3v) is 7.28. The molecule has 0 aromatic rings. The predicted molar refractivity (Wildman–Crippen MR) is 156 cm³/mol. The fourth-order valence-corrected chi connectivity index (χ4v) is 6.00. The molecule has 0 amide bonds. The number of hydrogen-bond donors (Lipinski definition) is 0. The first-order valence-electron chi connectivity index (χ1n) is 11.4. The molecule has 3 nitrogen and oxygen atoms in total. The van der Waals surface area contributed by atoms with Crippen LogP contribution in [0.15, 0.2) is 0 Å². The summed E-state index contributed by atoms with van der Waals surface area (Å²) in [5.74, 6) is 13.0. The lowest BCUT2D eigenvalue weighted by Gasteiger charge is -2.25. The van der Waals surface area contributed by atoms with Gasteiger partial charge in [-0.25, -0.2) is 0 Å². The smallest absolute Gasteiger partial charge is 0.0883 e. The van der Waals surface area contributed by atoms with Crippen LogP contribution in [0.3, 0.4) is 0 Å². The molecule has 0 fully saturated rings. The zero-order chi connectivity index (χ0) is 23.2. The SMILES string of the molecule is CCC#CCC(CCC#CCCCCC(OPP)C(CCCCCC)OP)OP(P)P. The van der Waals surface area contributed by atoms with Crippen molar-refractivity contribution in [2.75, 3.05) is 0 Å². The minimum Gasteiger partial charge on any atom is -0.360 e. The second kappa shape index (κ2) is 24.7. The van der Waals surface area contributed by atoms with Crippen LogP contribution in [-0.4, -0.2) is 18.3 Å². The molecule has 9 heteroatoms. The molecular formula is C22H44O3P6. The summed E-state index contributed by atoms with van der Waals surface area (Å²) in [5.41, 5.74) is 0. The van der Waals surface area contributed by atoms with E-state index in [1.54, 1.807) is 0 Å². The van der Waals surface area contributed by atoms with Crippen LogP contribution in [0.4, 0.5) is 0 Å². The average molecular weight is 542 g/mol. The summed E-state index contributed by atoms with van der Waals surface area (Å²) >= 11 is 0. The summed E-state index contributed by atoms with van der Waals surface area (Å²) in [7, 11) is 10.5. The Morgan fingerprint density at radius 2 is 1.55 bits per heavy atom. The minimum atomic E-state index is -0.523. The summed E-state index contributed by atoms with van der Waals surface area (Å²) in [4.78, 5) is 0. The van der Waals surface area contributed by atoms with Crippen molar-refractivity contribution in [2.24, 2.45) is 0 Å². The molecule has 8 atom stereocenters. The van der Waals surface area contributed by atoms with E-state index in [0.29, 0.717) is 8.50 Å². The lowest BCUT2D eigenvalue weighted by Crippen LogP contribution is -2.27. The summed E-state index contributed by atoms with van der Waals surface area (Å²) in [6.45, 7) is 4.32. The van der Waals surface area contributed by atoms with Gasteiger partial charge in [0.2, 0.25) is 0 Å². The van der Waals surface area contributed by atoms with Gasteiger partial charge in [-0.2, -0.15) is 0 Å². The van der Waals surface area contributed by atoms with Gasteiger partial charge in [0, 0.05) is 43.6 Å². The molecule has 0 bridgehead atoms. The Balaban J connectivity index is 4.20. The van der Waals surface area contributed by atoms with Gasteiger partial charge in [-0.15, -0.1) is 23.7 Å². The molecule has 0 aliphatic carbocycles. The van der Waals surface area contributed by atoms with Crippen molar-refractivity contribution in [2.45, 2.75) is 116 Å². The first-order valence-corrected chi connectivity index (χ1v) is 19.1. The maximum atomic E-state index is 5.98. The Kier molecular flexibility index (Phi) is 26.0. The van der Waals surface area contributed by atoms with E-state index in [0.717, 1.165) is 57.8 Å². The van der Waals surface area contributed by atoms with Gasteiger partial charge in [0.25, 0.3) is 0 Å². The standard InChI is InChI=1S/C22H44O3P6/c1-3-5-7-14-18-21(23-26)22(24-30-27)19-15-11-9-8-10-13-17-20(25-31(28)29)16-12-6-4-2/h20-22,30H,3-5,7,9,11,13-19,26-29H2,1-2H3. The molecule has 0 aliphatic heterocycles. The van der Waals surface area contributed by atoms with Crippen molar-refractivity contribution >= 4 is 52.3 Å². The molecule has 8 unspecified atom stereocenters. The molecular weight excluding hydrogens is 498 g/mol. The van der Waals surface area contributed by atoms with Crippen molar-refractivity contribution in [3.8, 4) is 23.7 Å². The molecule has 0 aromatic carbocycles. The quantitative estimate of drug-likeness (QED) is 0.0989. The Labute approximate surface area is 204 Å². The van der Waals surface area contributed by atoms with Crippen molar-refractivity contribution in [3.63, 3.8) is 0 Å².